The lowest BCUT2D eigenvalue weighted by Gasteiger charge is -1.95. The first kappa shape index (κ1) is 10.5. The molecule has 0 amide bonds. The second-order valence-corrected chi connectivity index (χ2v) is 4.79. The zero-order valence-corrected chi connectivity index (χ0v) is 10.1. The molecule has 0 bridgehead atoms. The molecule has 3 N–H and O–H groups in total. The van der Waals surface area contributed by atoms with Gasteiger partial charge in [0.25, 0.3) is 0 Å². The number of hydrogen-bond donors (Lipinski definition) is 2. The van der Waals surface area contributed by atoms with Crippen LogP contribution in [0.3, 0.4) is 0 Å². The third-order valence-electron chi connectivity index (χ3n) is 2.82. The van der Waals surface area contributed by atoms with Crippen molar-refractivity contribution < 1.29 is 0 Å². The molecule has 17 heavy (non-hydrogen) atoms. The lowest BCUT2D eigenvalue weighted by Crippen LogP contribution is -1.96. The molecular weight excluding hydrogens is 230 g/mol. The number of para-hydroxylation sites is 1. The van der Waals surface area contributed by atoms with E-state index in [2.05, 4.69) is 26.8 Å². The van der Waals surface area contributed by atoms with E-state index in [0.717, 1.165) is 28.8 Å². The van der Waals surface area contributed by atoms with Crippen LogP contribution in [-0.4, -0.2) is 9.97 Å². The third-order valence-corrected chi connectivity index (χ3v) is 3.55. The van der Waals surface area contributed by atoms with Crippen molar-refractivity contribution in [2.24, 2.45) is 5.73 Å². The number of nitrogens with zero attached hydrogens (tertiary/aromatic N) is 1. The van der Waals surface area contributed by atoms with Crippen LogP contribution in [0.2, 0.25) is 0 Å². The molecule has 0 aliphatic heterocycles. The van der Waals surface area contributed by atoms with E-state index in [0.29, 0.717) is 6.54 Å². The average Bonchev–Trinajstić information content (AvgIpc) is 2.97. The topological polar surface area (TPSA) is 54.7 Å². The van der Waals surface area contributed by atoms with Crippen LogP contribution in [0, 0.1) is 0 Å². The van der Waals surface area contributed by atoms with Gasteiger partial charge in [0.15, 0.2) is 0 Å². The molecule has 3 nitrogen and oxygen atoms in total. The highest BCUT2D eigenvalue weighted by Crippen LogP contribution is 2.18. The second kappa shape index (κ2) is 4.31. The number of aromatic amines is 1. The van der Waals surface area contributed by atoms with Crippen LogP contribution in [0.4, 0.5) is 0 Å². The molecule has 3 aromatic rings. The number of thiophene rings is 1. The minimum Gasteiger partial charge on any atom is -0.342 e. The van der Waals surface area contributed by atoms with Crippen LogP contribution >= 0.6 is 11.3 Å². The summed E-state index contributed by atoms with van der Waals surface area (Å²) in [5.41, 5.74) is 10.2. The fourth-order valence-electron chi connectivity index (χ4n) is 1.98. The Kier molecular flexibility index (Phi) is 2.66. The summed E-state index contributed by atoms with van der Waals surface area (Å²) < 4.78 is 0. The van der Waals surface area contributed by atoms with Gasteiger partial charge in [0, 0.05) is 13.0 Å². The van der Waals surface area contributed by atoms with Crippen LogP contribution < -0.4 is 5.73 Å². The zero-order chi connectivity index (χ0) is 11.7. The van der Waals surface area contributed by atoms with E-state index in [-0.39, 0.29) is 0 Å². The van der Waals surface area contributed by atoms with Gasteiger partial charge < -0.3 is 10.7 Å². The molecule has 2 heterocycles. The maximum absolute atomic E-state index is 5.71. The van der Waals surface area contributed by atoms with E-state index in [1.54, 1.807) is 11.3 Å². The van der Waals surface area contributed by atoms with Gasteiger partial charge >= 0.3 is 0 Å². The highest BCUT2D eigenvalue weighted by molar-refractivity contribution is 7.07. The van der Waals surface area contributed by atoms with Crippen LogP contribution in [0.1, 0.15) is 17.0 Å². The van der Waals surface area contributed by atoms with E-state index in [4.69, 9.17) is 5.73 Å². The summed E-state index contributed by atoms with van der Waals surface area (Å²) in [6.07, 6.45) is 0.849. The molecule has 0 aliphatic rings. The smallest absolute Gasteiger partial charge is 0.111 e. The van der Waals surface area contributed by atoms with Gasteiger partial charge in [-0.05, 0) is 34.0 Å². The van der Waals surface area contributed by atoms with Gasteiger partial charge in [0.1, 0.15) is 5.82 Å². The molecular formula is C13H13N3S. The third kappa shape index (κ3) is 1.97. The van der Waals surface area contributed by atoms with Gasteiger partial charge in [-0.3, -0.25) is 0 Å². The predicted octanol–water partition coefficient (Wildman–Crippen LogP) is 2.67. The molecule has 0 aliphatic carbocycles. The van der Waals surface area contributed by atoms with Gasteiger partial charge in [0.05, 0.1) is 11.0 Å². The summed E-state index contributed by atoms with van der Waals surface area (Å²) in [6.45, 7) is 0.528. The van der Waals surface area contributed by atoms with Crippen molar-refractivity contribution in [1.29, 1.82) is 0 Å². The average molecular weight is 243 g/mol. The summed E-state index contributed by atoms with van der Waals surface area (Å²) in [6, 6.07) is 8.20. The minimum absolute atomic E-state index is 0.528. The quantitative estimate of drug-likeness (QED) is 0.743. The Hall–Kier alpha value is -1.65. The summed E-state index contributed by atoms with van der Waals surface area (Å²) in [5, 5.41) is 4.24. The number of nitrogens with two attached hydrogens (primary N) is 1. The van der Waals surface area contributed by atoms with E-state index < -0.39 is 0 Å². The highest BCUT2D eigenvalue weighted by Gasteiger charge is 2.06. The minimum atomic E-state index is 0.528. The Morgan fingerprint density at radius 1 is 1.29 bits per heavy atom. The van der Waals surface area contributed by atoms with Crippen molar-refractivity contribution >= 4 is 22.4 Å². The van der Waals surface area contributed by atoms with Crippen LogP contribution in [0.5, 0.6) is 0 Å². The van der Waals surface area contributed by atoms with Gasteiger partial charge in [-0.1, -0.05) is 12.1 Å². The summed E-state index contributed by atoms with van der Waals surface area (Å²) in [5.74, 6) is 0.999. The standard InChI is InChI=1S/C13H13N3S/c14-7-10-2-1-3-11-13(10)16-12(15-11)6-9-4-5-17-8-9/h1-5,8H,6-7,14H2,(H,15,16). The van der Waals surface area contributed by atoms with E-state index >= 15 is 0 Å². The zero-order valence-electron chi connectivity index (χ0n) is 9.31. The summed E-state index contributed by atoms with van der Waals surface area (Å²) >= 11 is 1.71. The maximum atomic E-state index is 5.71. The van der Waals surface area contributed by atoms with Crippen molar-refractivity contribution in [2.45, 2.75) is 13.0 Å². The van der Waals surface area contributed by atoms with Gasteiger partial charge in [-0.2, -0.15) is 11.3 Å². The number of hydrogen-bond acceptors (Lipinski definition) is 3. The van der Waals surface area contributed by atoms with Crippen LogP contribution in [-0.2, 0) is 13.0 Å². The molecule has 0 saturated heterocycles. The molecule has 2 aromatic heterocycles. The fraction of sp³-hybridized carbons (Fsp3) is 0.154. The number of imidazole rings is 1. The SMILES string of the molecule is NCc1cccc2[nH]c(Cc3ccsc3)nc12. The van der Waals surface area contributed by atoms with Crippen molar-refractivity contribution in [3.05, 3.63) is 52.0 Å². The molecule has 86 valence electrons. The van der Waals surface area contributed by atoms with E-state index in [1.165, 1.54) is 5.56 Å². The monoisotopic (exact) mass is 243 g/mol. The number of rotatable bonds is 3. The summed E-state index contributed by atoms with van der Waals surface area (Å²) in [4.78, 5) is 7.97. The largest absolute Gasteiger partial charge is 0.342 e. The Balaban J connectivity index is 2.02. The van der Waals surface area contributed by atoms with E-state index in [1.807, 2.05) is 18.2 Å². The van der Waals surface area contributed by atoms with Crippen LogP contribution in [0.25, 0.3) is 11.0 Å². The van der Waals surface area contributed by atoms with Crippen LogP contribution in [0.15, 0.2) is 35.0 Å². The highest BCUT2D eigenvalue weighted by atomic mass is 32.1. The molecule has 0 fully saturated rings. The molecule has 0 atom stereocenters. The summed E-state index contributed by atoms with van der Waals surface area (Å²) in [7, 11) is 0. The number of benzene rings is 1. The van der Waals surface area contributed by atoms with Crippen molar-refractivity contribution in [1.82, 2.24) is 9.97 Å². The van der Waals surface area contributed by atoms with Crippen molar-refractivity contribution in [3.63, 3.8) is 0 Å². The molecule has 4 heteroatoms. The first-order valence-electron chi connectivity index (χ1n) is 5.54. The number of aromatic nitrogens is 2. The lowest BCUT2D eigenvalue weighted by atomic mass is 10.2. The van der Waals surface area contributed by atoms with Crippen molar-refractivity contribution in [3.8, 4) is 0 Å². The predicted molar refractivity (Wildman–Crippen MR) is 71.1 cm³/mol. The first-order chi connectivity index (χ1) is 8.36. The molecule has 0 radical (unpaired) electrons. The Bertz CT molecular complexity index is 625. The number of nitrogens with one attached hydrogen (secondary N) is 1. The van der Waals surface area contributed by atoms with E-state index in [9.17, 15) is 0 Å². The van der Waals surface area contributed by atoms with Crippen molar-refractivity contribution in [2.75, 3.05) is 0 Å². The Labute approximate surface area is 103 Å². The first-order valence-corrected chi connectivity index (χ1v) is 6.49. The van der Waals surface area contributed by atoms with Gasteiger partial charge in [0.2, 0.25) is 0 Å². The Morgan fingerprint density at radius 2 is 2.24 bits per heavy atom. The van der Waals surface area contributed by atoms with Gasteiger partial charge in [-0.15, -0.1) is 0 Å². The molecule has 3 rings (SSSR count). The molecule has 0 unspecified atom stereocenters. The number of H-pyrrole nitrogens is 1. The Morgan fingerprint density at radius 3 is 3.00 bits per heavy atom. The molecule has 0 spiro atoms. The van der Waals surface area contributed by atoms with Gasteiger partial charge in [-0.25, -0.2) is 4.98 Å². The fourth-order valence-corrected chi connectivity index (χ4v) is 2.65. The second-order valence-electron chi connectivity index (χ2n) is 4.01. The molecule has 1 aromatic carbocycles. The normalized spacial score (nSPS) is 11.1. The number of fused-ring (bicyclic) bond motifs is 1. The lowest BCUT2D eigenvalue weighted by molar-refractivity contribution is 1.04. The maximum Gasteiger partial charge on any atom is 0.111 e. The molecule has 0 saturated carbocycles.